The molecule has 0 amide bonds. The maximum absolute atomic E-state index is 6.04. The first-order chi connectivity index (χ1) is 9.15. The Labute approximate surface area is 123 Å². The molecule has 2 aromatic carbocycles. The molecular weight excluding hydrogens is 281 g/mol. The van der Waals surface area contributed by atoms with Crippen LogP contribution in [0.1, 0.15) is 6.92 Å². The monoisotopic (exact) mass is 295 g/mol. The highest BCUT2D eigenvalue weighted by Crippen LogP contribution is 2.24. The zero-order chi connectivity index (χ0) is 13.7. The zero-order valence-electron chi connectivity index (χ0n) is 10.6. The minimum Gasteiger partial charge on any atom is -0.487 e. The molecule has 0 aliphatic rings. The predicted octanol–water partition coefficient (Wildman–Crippen LogP) is 4.87. The molecule has 0 bridgehead atoms. The van der Waals surface area contributed by atoms with Gasteiger partial charge < -0.3 is 10.1 Å². The van der Waals surface area contributed by atoms with E-state index in [-0.39, 0.29) is 6.10 Å². The second-order valence-corrected chi connectivity index (χ2v) is 5.09. The van der Waals surface area contributed by atoms with E-state index >= 15 is 0 Å². The summed E-state index contributed by atoms with van der Waals surface area (Å²) in [5.74, 6) is 0.703. The van der Waals surface area contributed by atoms with E-state index in [1.54, 1.807) is 0 Å². The summed E-state index contributed by atoms with van der Waals surface area (Å²) < 4.78 is 5.77. The summed E-state index contributed by atoms with van der Waals surface area (Å²) in [6, 6.07) is 15.0. The Morgan fingerprint density at radius 1 is 1.05 bits per heavy atom. The highest BCUT2D eigenvalue weighted by molar-refractivity contribution is 6.32. The van der Waals surface area contributed by atoms with Crippen molar-refractivity contribution in [2.75, 3.05) is 11.9 Å². The second kappa shape index (κ2) is 6.69. The van der Waals surface area contributed by atoms with Crippen LogP contribution in [0.25, 0.3) is 0 Å². The van der Waals surface area contributed by atoms with Crippen molar-refractivity contribution in [3.63, 3.8) is 0 Å². The maximum Gasteiger partial charge on any atom is 0.138 e. The SMILES string of the molecule is CC(CNc1ccc(Cl)cc1)Oc1ccccc1Cl. The van der Waals surface area contributed by atoms with Gasteiger partial charge in [0.2, 0.25) is 0 Å². The van der Waals surface area contributed by atoms with E-state index in [9.17, 15) is 0 Å². The fourth-order valence-corrected chi connectivity index (χ4v) is 1.93. The molecule has 0 saturated carbocycles. The summed E-state index contributed by atoms with van der Waals surface area (Å²) in [4.78, 5) is 0. The first-order valence-corrected chi connectivity index (χ1v) is 6.81. The van der Waals surface area contributed by atoms with Gasteiger partial charge in [-0.3, -0.25) is 0 Å². The van der Waals surface area contributed by atoms with Crippen LogP contribution >= 0.6 is 23.2 Å². The fourth-order valence-electron chi connectivity index (χ4n) is 1.63. The van der Waals surface area contributed by atoms with Gasteiger partial charge in [-0.2, -0.15) is 0 Å². The van der Waals surface area contributed by atoms with Crippen molar-refractivity contribution in [1.82, 2.24) is 0 Å². The lowest BCUT2D eigenvalue weighted by Crippen LogP contribution is -2.22. The average molecular weight is 296 g/mol. The van der Waals surface area contributed by atoms with Crippen molar-refractivity contribution in [2.45, 2.75) is 13.0 Å². The van der Waals surface area contributed by atoms with Crippen molar-refractivity contribution >= 4 is 28.9 Å². The first-order valence-electron chi connectivity index (χ1n) is 6.06. The molecule has 0 spiro atoms. The number of hydrogen-bond acceptors (Lipinski definition) is 2. The quantitative estimate of drug-likeness (QED) is 0.849. The Balaban J connectivity index is 1.86. The van der Waals surface area contributed by atoms with E-state index < -0.39 is 0 Å². The molecular formula is C15H15Cl2NO. The molecule has 19 heavy (non-hydrogen) atoms. The number of halogens is 2. The molecule has 0 saturated heterocycles. The molecule has 2 rings (SSSR count). The second-order valence-electron chi connectivity index (χ2n) is 4.25. The number of benzene rings is 2. The van der Waals surface area contributed by atoms with Gasteiger partial charge in [0.05, 0.1) is 11.6 Å². The Bertz CT molecular complexity index is 528. The van der Waals surface area contributed by atoms with Crippen LogP contribution < -0.4 is 10.1 Å². The Morgan fingerprint density at radius 2 is 1.74 bits per heavy atom. The Kier molecular flexibility index (Phi) is 4.94. The third-order valence-electron chi connectivity index (χ3n) is 2.60. The lowest BCUT2D eigenvalue weighted by Gasteiger charge is -2.17. The smallest absolute Gasteiger partial charge is 0.138 e. The molecule has 1 N–H and O–H groups in total. The Morgan fingerprint density at radius 3 is 2.42 bits per heavy atom. The van der Waals surface area contributed by atoms with Crippen molar-refractivity contribution in [1.29, 1.82) is 0 Å². The average Bonchev–Trinajstić information content (AvgIpc) is 2.41. The molecule has 4 heteroatoms. The van der Waals surface area contributed by atoms with Crippen LogP contribution in [0.3, 0.4) is 0 Å². The molecule has 0 radical (unpaired) electrons. The van der Waals surface area contributed by atoms with Crippen LogP contribution in [0.15, 0.2) is 48.5 Å². The van der Waals surface area contributed by atoms with Crippen LogP contribution in [0, 0.1) is 0 Å². The highest BCUT2D eigenvalue weighted by Gasteiger charge is 2.06. The lowest BCUT2D eigenvalue weighted by molar-refractivity contribution is 0.235. The van der Waals surface area contributed by atoms with Gasteiger partial charge in [0.25, 0.3) is 0 Å². The molecule has 0 aliphatic carbocycles. The predicted molar refractivity (Wildman–Crippen MR) is 81.5 cm³/mol. The van der Waals surface area contributed by atoms with Crippen LogP contribution in [0.4, 0.5) is 5.69 Å². The molecule has 2 aromatic rings. The summed E-state index contributed by atoms with van der Waals surface area (Å²) in [5, 5.41) is 4.64. The molecule has 1 unspecified atom stereocenters. The van der Waals surface area contributed by atoms with Gasteiger partial charge in [-0.25, -0.2) is 0 Å². The molecule has 0 aromatic heterocycles. The number of para-hydroxylation sites is 1. The van der Waals surface area contributed by atoms with Gasteiger partial charge in [-0.05, 0) is 43.3 Å². The van der Waals surface area contributed by atoms with E-state index in [2.05, 4.69) is 5.32 Å². The van der Waals surface area contributed by atoms with Gasteiger partial charge in [-0.15, -0.1) is 0 Å². The van der Waals surface area contributed by atoms with Crippen molar-refractivity contribution in [3.8, 4) is 5.75 Å². The number of anilines is 1. The number of rotatable bonds is 5. The standard InChI is InChI=1S/C15H15Cl2NO/c1-11(19-15-5-3-2-4-14(15)17)10-18-13-8-6-12(16)7-9-13/h2-9,11,18H,10H2,1H3. The number of ether oxygens (including phenoxy) is 1. The van der Waals surface area contributed by atoms with Gasteiger partial charge in [0.1, 0.15) is 11.9 Å². The topological polar surface area (TPSA) is 21.3 Å². The molecule has 0 aliphatic heterocycles. The van der Waals surface area contributed by atoms with Crippen molar-refractivity contribution < 1.29 is 4.74 Å². The lowest BCUT2D eigenvalue weighted by atomic mass is 10.3. The third kappa shape index (κ3) is 4.34. The van der Waals surface area contributed by atoms with Crippen LogP contribution in [-0.2, 0) is 0 Å². The summed E-state index contributed by atoms with van der Waals surface area (Å²) in [6.45, 7) is 2.68. The molecule has 0 fully saturated rings. The van der Waals surface area contributed by atoms with Crippen LogP contribution in [-0.4, -0.2) is 12.6 Å². The summed E-state index contributed by atoms with van der Waals surface area (Å²) >= 11 is 11.9. The van der Waals surface area contributed by atoms with Gasteiger partial charge in [0, 0.05) is 10.7 Å². The minimum absolute atomic E-state index is 0.00979. The summed E-state index contributed by atoms with van der Waals surface area (Å²) in [7, 11) is 0. The van der Waals surface area contributed by atoms with E-state index in [0.29, 0.717) is 17.3 Å². The van der Waals surface area contributed by atoms with Gasteiger partial charge in [0.15, 0.2) is 0 Å². The highest BCUT2D eigenvalue weighted by atomic mass is 35.5. The molecule has 2 nitrogen and oxygen atoms in total. The maximum atomic E-state index is 6.04. The van der Waals surface area contributed by atoms with Crippen molar-refractivity contribution in [2.24, 2.45) is 0 Å². The first kappa shape index (κ1) is 14.0. The largest absolute Gasteiger partial charge is 0.487 e. The third-order valence-corrected chi connectivity index (χ3v) is 3.17. The molecule has 1 atom stereocenters. The molecule has 0 heterocycles. The number of nitrogens with one attached hydrogen (secondary N) is 1. The van der Waals surface area contributed by atoms with Crippen LogP contribution in [0.2, 0.25) is 10.0 Å². The molecule has 100 valence electrons. The van der Waals surface area contributed by atoms with Gasteiger partial charge >= 0.3 is 0 Å². The van der Waals surface area contributed by atoms with E-state index in [1.807, 2.05) is 55.5 Å². The van der Waals surface area contributed by atoms with Crippen LogP contribution in [0.5, 0.6) is 5.75 Å². The fraction of sp³-hybridized carbons (Fsp3) is 0.200. The normalized spacial score (nSPS) is 11.9. The van der Waals surface area contributed by atoms with E-state index in [1.165, 1.54) is 0 Å². The minimum atomic E-state index is 0.00979. The summed E-state index contributed by atoms with van der Waals surface area (Å²) in [6.07, 6.45) is 0.00979. The van der Waals surface area contributed by atoms with E-state index in [4.69, 9.17) is 27.9 Å². The van der Waals surface area contributed by atoms with E-state index in [0.717, 1.165) is 10.7 Å². The van der Waals surface area contributed by atoms with Gasteiger partial charge in [-0.1, -0.05) is 35.3 Å². The zero-order valence-corrected chi connectivity index (χ0v) is 12.1. The summed E-state index contributed by atoms with van der Waals surface area (Å²) in [5.41, 5.74) is 1.01. The van der Waals surface area contributed by atoms with Crippen molar-refractivity contribution in [3.05, 3.63) is 58.6 Å². The Hall–Kier alpha value is -1.38. The number of hydrogen-bond donors (Lipinski definition) is 1.